The highest BCUT2D eigenvalue weighted by Gasteiger charge is 2.13. The summed E-state index contributed by atoms with van der Waals surface area (Å²) in [4.78, 5) is 32.5. The Labute approximate surface area is 197 Å². The molecule has 0 radical (unpaired) electrons. The third kappa shape index (κ3) is 5.84. The van der Waals surface area contributed by atoms with Gasteiger partial charge in [0.2, 0.25) is 5.91 Å². The Morgan fingerprint density at radius 1 is 1.06 bits per heavy atom. The standard InChI is InChI=1S/C22H20N4O3S3/c1-13-10-31-22(24-13)32-11-15-3-5-16(6-4-15)20(28)26-21-25-18(12-30-21)19-8-7-17(29-19)9-23-14(2)27/h3-8,10,12H,9,11H2,1-2H3,(H,23,27)(H,25,26,28). The van der Waals surface area contributed by atoms with Crippen LogP contribution in [-0.2, 0) is 17.1 Å². The fourth-order valence-corrected chi connectivity index (χ4v) is 5.23. The van der Waals surface area contributed by atoms with Gasteiger partial charge in [0.25, 0.3) is 5.91 Å². The number of furan rings is 1. The normalized spacial score (nSPS) is 10.8. The predicted octanol–water partition coefficient (Wildman–Crippen LogP) is 5.35. The van der Waals surface area contributed by atoms with Gasteiger partial charge >= 0.3 is 0 Å². The van der Waals surface area contributed by atoms with Gasteiger partial charge in [-0.1, -0.05) is 23.9 Å². The van der Waals surface area contributed by atoms with Crippen molar-refractivity contribution >= 4 is 51.4 Å². The number of thiazole rings is 2. The molecule has 0 aliphatic rings. The van der Waals surface area contributed by atoms with Gasteiger partial charge in [0.1, 0.15) is 15.8 Å². The summed E-state index contributed by atoms with van der Waals surface area (Å²) in [5.74, 6) is 1.68. The molecule has 2 amide bonds. The smallest absolute Gasteiger partial charge is 0.257 e. The van der Waals surface area contributed by atoms with Crippen LogP contribution < -0.4 is 10.6 Å². The molecule has 4 rings (SSSR count). The van der Waals surface area contributed by atoms with Gasteiger partial charge in [-0.05, 0) is 36.8 Å². The van der Waals surface area contributed by atoms with Gasteiger partial charge in [0.05, 0.1) is 6.54 Å². The van der Waals surface area contributed by atoms with Crippen LogP contribution >= 0.6 is 34.4 Å². The number of thioether (sulfide) groups is 1. The molecule has 4 aromatic rings. The van der Waals surface area contributed by atoms with Crippen LogP contribution in [0.2, 0.25) is 0 Å². The Hall–Kier alpha value is -2.95. The van der Waals surface area contributed by atoms with E-state index in [2.05, 4.69) is 20.6 Å². The summed E-state index contributed by atoms with van der Waals surface area (Å²) < 4.78 is 6.75. The van der Waals surface area contributed by atoms with E-state index in [4.69, 9.17) is 4.42 Å². The van der Waals surface area contributed by atoms with E-state index >= 15 is 0 Å². The molecule has 164 valence electrons. The largest absolute Gasteiger partial charge is 0.458 e. The number of aryl methyl sites for hydroxylation is 1. The van der Waals surface area contributed by atoms with Crippen LogP contribution in [-0.4, -0.2) is 21.8 Å². The Kier molecular flexibility index (Phi) is 7.03. The highest BCUT2D eigenvalue weighted by molar-refractivity contribution is 8.00. The molecule has 0 atom stereocenters. The van der Waals surface area contributed by atoms with Crippen molar-refractivity contribution in [1.82, 2.24) is 15.3 Å². The van der Waals surface area contributed by atoms with Crippen molar-refractivity contribution < 1.29 is 14.0 Å². The van der Waals surface area contributed by atoms with Crippen LogP contribution in [0.4, 0.5) is 5.13 Å². The summed E-state index contributed by atoms with van der Waals surface area (Å²) in [6.45, 7) is 3.76. The van der Waals surface area contributed by atoms with Crippen LogP contribution in [0.15, 0.2) is 55.9 Å². The molecule has 1 aromatic carbocycles. The number of hydrogen-bond donors (Lipinski definition) is 2. The minimum atomic E-state index is -0.216. The Bertz CT molecular complexity index is 1230. The average molecular weight is 485 g/mol. The second kappa shape index (κ2) is 10.1. The lowest BCUT2D eigenvalue weighted by atomic mass is 10.1. The van der Waals surface area contributed by atoms with E-state index in [9.17, 15) is 9.59 Å². The third-order valence-electron chi connectivity index (χ3n) is 4.33. The number of amides is 2. The van der Waals surface area contributed by atoms with Crippen molar-refractivity contribution in [3.63, 3.8) is 0 Å². The lowest BCUT2D eigenvalue weighted by molar-refractivity contribution is -0.119. The third-order valence-corrected chi connectivity index (χ3v) is 7.29. The zero-order valence-electron chi connectivity index (χ0n) is 17.4. The average Bonchev–Trinajstić information content (AvgIpc) is 3.52. The molecule has 0 spiro atoms. The molecule has 7 nitrogen and oxygen atoms in total. The number of anilines is 1. The topological polar surface area (TPSA) is 97.1 Å². The molecule has 0 saturated carbocycles. The molecule has 0 aliphatic heterocycles. The van der Waals surface area contributed by atoms with Crippen LogP contribution in [0.25, 0.3) is 11.5 Å². The molecule has 0 fully saturated rings. The van der Waals surface area contributed by atoms with Gasteiger partial charge < -0.3 is 9.73 Å². The zero-order chi connectivity index (χ0) is 22.5. The van der Waals surface area contributed by atoms with Gasteiger partial charge in [0, 0.05) is 34.7 Å². The zero-order valence-corrected chi connectivity index (χ0v) is 19.8. The summed E-state index contributed by atoms with van der Waals surface area (Å²) in [6, 6.07) is 11.1. The first-order valence-corrected chi connectivity index (χ1v) is 12.4. The van der Waals surface area contributed by atoms with E-state index in [0.717, 1.165) is 21.3 Å². The number of aromatic nitrogens is 2. The first-order valence-electron chi connectivity index (χ1n) is 9.70. The number of rotatable bonds is 8. The number of nitrogens with zero attached hydrogens (tertiary/aromatic N) is 2. The Balaban J connectivity index is 1.33. The minimum Gasteiger partial charge on any atom is -0.458 e. The van der Waals surface area contributed by atoms with Crippen molar-refractivity contribution in [2.45, 2.75) is 30.5 Å². The van der Waals surface area contributed by atoms with E-state index in [1.807, 2.05) is 41.9 Å². The van der Waals surface area contributed by atoms with Gasteiger partial charge in [0.15, 0.2) is 10.9 Å². The lowest BCUT2D eigenvalue weighted by Gasteiger charge is -2.04. The number of nitrogens with one attached hydrogen (secondary N) is 2. The van der Waals surface area contributed by atoms with E-state index in [-0.39, 0.29) is 11.8 Å². The van der Waals surface area contributed by atoms with Gasteiger partial charge in [-0.2, -0.15) is 0 Å². The summed E-state index contributed by atoms with van der Waals surface area (Å²) in [6.07, 6.45) is 0. The quantitative estimate of drug-likeness (QED) is 0.327. The first kappa shape index (κ1) is 22.3. The van der Waals surface area contributed by atoms with E-state index < -0.39 is 0 Å². The number of benzene rings is 1. The molecule has 0 aliphatic carbocycles. The molecule has 3 heterocycles. The molecular weight excluding hydrogens is 464 g/mol. The molecule has 0 saturated heterocycles. The highest BCUT2D eigenvalue weighted by atomic mass is 32.2. The van der Waals surface area contributed by atoms with E-state index in [1.54, 1.807) is 35.2 Å². The molecular formula is C22H20N4O3S3. The van der Waals surface area contributed by atoms with Gasteiger partial charge in [-0.25, -0.2) is 9.97 Å². The van der Waals surface area contributed by atoms with Crippen molar-refractivity contribution in [2.24, 2.45) is 0 Å². The Morgan fingerprint density at radius 3 is 2.59 bits per heavy atom. The summed E-state index contributed by atoms with van der Waals surface area (Å²) in [5.41, 5.74) is 3.36. The van der Waals surface area contributed by atoms with Crippen molar-refractivity contribution in [2.75, 3.05) is 5.32 Å². The van der Waals surface area contributed by atoms with Crippen LogP contribution in [0.3, 0.4) is 0 Å². The summed E-state index contributed by atoms with van der Waals surface area (Å²) >= 11 is 4.65. The second-order valence-corrected chi connectivity index (χ2v) is 9.85. The fraction of sp³-hybridized carbons (Fsp3) is 0.182. The molecule has 2 N–H and O–H groups in total. The van der Waals surface area contributed by atoms with Crippen molar-refractivity contribution in [3.8, 4) is 11.5 Å². The fourth-order valence-electron chi connectivity index (χ4n) is 2.73. The van der Waals surface area contributed by atoms with E-state index in [0.29, 0.717) is 34.5 Å². The molecule has 3 aromatic heterocycles. The summed E-state index contributed by atoms with van der Waals surface area (Å²) in [5, 5.41) is 9.86. The van der Waals surface area contributed by atoms with Crippen molar-refractivity contribution in [3.05, 3.63) is 69.7 Å². The van der Waals surface area contributed by atoms with E-state index in [1.165, 1.54) is 18.3 Å². The summed E-state index contributed by atoms with van der Waals surface area (Å²) in [7, 11) is 0. The number of carbonyl (C=O) groups excluding carboxylic acids is 2. The lowest BCUT2D eigenvalue weighted by Crippen LogP contribution is -2.18. The first-order chi connectivity index (χ1) is 15.5. The minimum absolute atomic E-state index is 0.122. The van der Waals surface area contributed by atoms with Gasteiger partial charge in [-0.3, -0.25) is 14.9 Å². The predicted molar refractivity (Wildman–Crippen MR) is 128 cm³/mol. The van der Waals surface area contributed by atoms with Gasteiger partial charge in [-0.15, -0.1) is 22.7 Å². The molecule has 10 heteroatoms. The maximum atomic E-state index is 12.6. The van der Waals surface area contributed by atoms with Crippen LogP contribution in [0, 0.1) is 6.92 Å². The maximum Gasteiger partial charge on any atom is 0.257 e. The van der Waals surface area contributed by atoms with Crippen molar-refractivity contribution in [1.29, 1.82) is 0 Å². The van der Waals surface area contributed by atoms with Crippen LogP contribution in [0.5, 0.6) is 0 Å². The molecule has 0 bridgehead atoms. The van der Waals surface area contributed by atoms with Crippen LogP contribution in [0.1, 0.15) is 34.3 Å². The molecule has 0 unspecified atom stereocenters. The monoisotopic (exact) mass is 484 g/mol. The molecule has 32 heavy (non-hydrogen) atoms. The highest BCUT2D eigenvalue weighted by Crippen LogP contribution is 2.28. The second-order valence-electron chi connectivity index (χ2n) is 6.91. The maximum absolute atomic E-state index is 12.6. The SMILES string of the molecule is CC(=O)NCc1ccc(-c2csc(NC(=O)c3ccc(CSc4nc(C)cs4)cc3)n2)o1. The Morgan fingerprint density at radius 2 is 1.88 bits per heavy atom. The number of hydrogen-bond acceptors (Lipinski definition) is 8. The number of carbonyl (C=O) groups is 2.